The molecule has 0 aliphatic rings. The van der Waals surface area contributed by atoms with Crippen molar-refractivity contribution in [2.24, 2.45) is 0 Å². The molecule has 0 spiro atoms. The van der Waals surface area contributed by atoms with Crippen LogP contribution in [0.5, 0.6) is 0 Å². The number of nitrogens with zero attached hydrogens (tertiary/aromatic N) is 2. The minimum atomic E-state index is 0.800. The van der Waals surface area contributed by atoms with Crippen LogP contribution in [0.15, 0.2) is 41.9 Å². The minimum Gasteiger partial charge on any atom is -0.314 e. The smallest absolute Gasteiger partial charge is 0.125 e. The van der Waals surface area contributed by atoms with Crippen molar-refractivity contribution in [3.05, 3.63) is 47.6 Å². The van der Waals surface area contributed by atoms with Crippen molar-refractivity contribution < 1.29 is 0 Å². The Kier molecular flexibility index (Phi) is 3.04. The van der Waals surface area contributed by atoms with Crippen molar-refractivity contribution in [1.82, 2.24) is 15.3 Å². The summed E-state index contributed by atoms with van der Waals surface area (Å²) in [6, 6.07) is 10.2. The molecule has 0 fully saturated rings. The molecule has 2 aromatic heterocycles. The van der Waals surface area contributed by atoms with E-state index in [9.17, 15) is 0 Å². The predicted molar refractivity (Wildman–Crippen MR) is 75.6 cm³/mol. The number of para-hydroxylation sites is 1. The highest BCUT2D eigenvalue weighted by Gasteiger charge is 2.08. The van der Waals surface area contributed by atoms with Gasteiger partial charge in [-0.1, -0.05) is 18.2 Å². The molecule has 1 aromatic carbocycles. The number of benzene rings is 1. The van der Waals surface area contributed by atoms with Gasteiger partial charge >= 0.3 is 0 Å². The number of hydrogen-bond donors (Lipinski definition) is 1. The van der Waals surface area contributed by atoms with Crippen LogP contribution in [-0.4, -0.2) is 17.0 Å². The van der Waals surface area contributed by atoms with Crippen molar-refractivity contribution in [2.45, 2.75) is 6.54 Å². The van der Waals surface area contributed by atoms with Gasteiger partial charge in [-0.3, -0.25) is 4.98 Å². The third-order valence-corrected chi connectivity index (χ3v) is 3.70. The molecular weight excluding hydrogens is 242 g/mol. The van der Waals surface area contributed by atoms with Gasteiger partial charge in [0.15, 0.2) is 0 Å². The van der Waals surface area contributed by atoms with Gasteiger partial charge in [0.2, 0.25) is 0 Å². The van der Waals surface area contributed by atoms with E-state index < -0.39 is 0 Å². The van der Waals surface area contributed by atoms with E-state index in [1.165, 1.54) is 0 Å². The lowest BCUT2D eigenvalue weighted by Gasteiger charge is -2.01. The average Bonchev–Trinajstić information content (AvgIpc) is 2.87. The lowest BCUT2D eigenvalue weighted by molar-refractivity contribution is 0.798. The molecule has 18 heavy (non-hydrogen) atoms. The zero-order valence-electron chi connectivity index (χ0n) is 10.1. The molecule has 2 heterocycles. The second-order valence-corrected chi connectivity index (χ2v) is 4.91. The molecule has 0 atom stereocenters. The second kappa shape index (κ2) is 4.84. The summed E-state index contributed by atoms with van der Waals surface area (Å²) in [5, 5.41) is 7.39. The van der Waals surface area contributed by atoms with Crippen LogP contribution >= 0.6 is 11.3 Å². The van der Waals surface area contributed by atoms with Gasteiger partial charge in [-0.15, -0.1) is 11.3 Å². The number of hydrogen-bond acceptors (Lipinski definition) is 4. The molecule has 0 saturated carbocycles. The molecule has 0 aliphatic carbocycles. The van der Waals surface area contributed by atoms with E-state index in [1.54, 1.807) is 11.3 Å². The summed E-state index contributed by atoms with van der Waals surface area (Å²) in [5.74, 6) is 0. The van der Waals surface area contributed by atoms with Gasteiger partial charge in [-0.2, -0.15) is 0 Å². The van der Waals surface area contributed by atoms with Crippen LogP contribution in [0.25, 0.3) is 21.5 Å². The summed E-state index contributed by atoms with van der Waals surface area (Å²) in [6.45, 7) is 0.800. The normalized spacial score (nSPS) is 10.9. The molecule has 90 valence electrons. The molecule has 1 N–H and O–H groups in total. The van der Waals surface area contributed by atoms with Crippen LogP contribution in [0, 0.1) is 0 Å². The molecule has 0 unspecified atom stereocenters. The Balaban J connectivity index is 2.12. The number of fused-ring (bicyclic) bond motifs is 1. The summed E-state index contributed by atoms with van der Waals surface area (Å²) in [4.78, 5) is 9.10. The van der Waals surface area contributed by atoms with Crippen molar-refractivity contribution in [3.8, 4) is 10.6 Å². The molecule has 0 radical (unpaired) electrons. The fourth-order valence-electron chi connectivity index (χ4n) is 1.97. The summed E-state index contributed by atoms with van der Waals surface area (Å²) in [5.41, 5.74) is 3.20. The fraction of sp³-hybridized carbons (Fsp3) is 0.143. The highest BCUT2D eigenvalue weighted by molar-refractivity contribution is 7.13. The highest BCUT2D eigenvalue weighted by Crippen LogP contribution is 2.29. The van der Waals surface area contributed by atoms with Crippen LogP contribution in [-0.2, 0) is 6.54 Å². The Bertz CT molecular complexity index is 670. The van der Waals surface area contributed by atoms with Crippen LogP contribution in [0.4, 0.5) is 0 Å². The number of nitrogens with one attached hydrogen (secondary N) is 1. The monoisotopic (exact) mass is 255 g/mol. The number of thiazole rings is 1. The Labute approximate surface area is 110 Å². The standard InChI is InChI=1S/C14H13N3S/c1-15-8-11-9-18-14(17-11)12-6-2-4-10-5-3-7-16-13(10)12/h2-7,9,15H,8H2,1H3. The van der Waals surface area contributed by atoms with Crippen LogP contribution in [0.1, 0.15) is 5.69 Å². The van der Waals surface area contributed by atoms with Gasteiger partial charge in [0, 0.05) is 29.1 Å². The number of pyridine rings is 1. The van der Waals surface area contributed by atoms with E-state index in [0.717, 1.165) is 33.7 Å². The fourth-order valence-corrected chi connectivity index (χ4v) is 2.82. The molecule has 3 aromatic rings. The molecule has 0 amide bonds. The van der Waals surface area contributed by atoms with E-state index in [2.05, 4.69) is 44.9 Å². The summed E-state index contributed by atoms with van der Waals surface area (Å²) < 4.78 is 0. The molecule has 3 rings (SSSR count). The number of rotatable bonds is 3. The summed E-state index contributed by atoms with van der Waals surface area (Å²) >= 11 is 1.67. The summed E-state index contributed by atoms with van der Waals surface area (Å²) in [7, 11) is 1.93. The van der Waals surface area contributed by atoms with Crippen LogP contribution in [0.3, 0.4) is 0 Å². The van der Waals surface area contributed by atoms with E-state index in [0.29, 0.717) is 0 Å². The van der Waals surface area contributed by atoms with Crippen molar-refractivity contribution in [3.63, 3.8) is 0 Å². The van der Waals surface area contributed by atoms with E-state index in [-0.39, 0.29) is 0 Å². The van der Waals surface area contributed by atoms with Gasteiger partial charge < -0.3 is 5.32 Å². The SMILES string of the molecule is CNCc1csc(-c2cccc3cccnc23)n1. The summed E-state index contributed by atoms with van der Waals surface area (Å²) in [6.07, 6.45) is 1.83. The first-order valence-electron chi connectivity index (χ1n) is 5.81. The lowest BCUT2D eigenvalue weighted by Crippen LogP contribution is -2.04. The first kappa shape index (κ1) is 11.3. The maximum atomic E-state index is 4.64. The molecule has 0 aliphatic heterocycles. The van der Waals surface area contributed by atoms with Crippen molar-refractivity contribution in [1.29, 1.82) is 0 Å². The second-order valence-electron chi connectivity index (χ2n) is 4.06. The van der Waals surface area contributed by atoms with E-state index >= 15 is 0 Å². The van der Waals surface area contributed by atoms with Gasteiger partial charge in [0.05, 0.1) is 11.2 Å². The first-order chi connectivity index (χ1) is 8.88. The van der Waals surface area contributed by atoms with Crippen LogP contribution < -0.4 is 5.32 Å². The third kappa shape index (κ3) is 2.00. The van der Waals surface area contributed by atoms with Crippen molar-refractivity contribution >= 4 is 22.2 Å². The molecule has 0 saturated heterocycles. The first-order valence-corrected chi connectivity index (χ1v) is 6.69. The largest absolute Gasteiger partial charge is 0.314 e. The number of aromatic nitrogens is 2. The van der Waals surface area contributed by atoms with Gasteiger partial charge in [-0.25, -0.2) is 4.98 Å². The Morgan fingerprint density at radius 2 is 2.11 bits per heavy atom. The molecule has 4 heteroatoms. The molecule has 0 bridgehead atoms. The molecule has 3 nitrogen and oxygen atoms in total. The lowest BCUT2D eigenvalue weighted by atomic mass is 10.1. The zero-order valence-corrected chi connectivity index (χ0v) is 10.9. The third-order valence-electron chi connectivity index (χ3n) is 2.77. The zero-order chi connectivity index (χ0) is 12.4. The predicted octanol–water partition coefficient (Wildman–Crippen LogP) is 3.08. The van der Waals surface area contributed by atoms with Gasteiger partial charge in [-0.05, 0) is 19.2 Å². The Hall–Kier alpha value is -1.78. The Morgan fingerprint density at radius 3 is 3.00 bits per heavy atom. The maximum Gasteiger partial charge on any atom is 0.125 e. The maximum absolute atomic E-state index is 4.64. The highest BCUT2D eigenvalue weighted by atomic mass is 32.1. The quantitative estimate of drug-likeness (QED) is 0.781. The topological polar surface area (TPSA) is 37.8 Å². The Morgan fingerprint density at radius 1 is 1.22 bits per heavy atom. The van der Waals surface area contributed by atoms with Gasteiger partial charge in [0.1, 0.15) is 5.01 Å². The van der Waals surface area contributed by atoms with Gasteiger partial charge in [0.25, 0.3) is 0 Å². The average molecular weight is 255 g/mol. The van der Waals surface area contributed by atoms with E-state index in [1.807, 2.05) is 19.3 Å². The molecular formula is C14H13N3S. The van der Waals surface area contributed by atoms with Crippen LogP contribution in [0.2, 0.25) is 0 Å². The minimum absolute atomic E-state index is 0.800. The van der Waals surface area contributed by atoms with Crippen molar-refractivity contribution in [2.75, 3.05) is 7.05 Å². The van der Waals surface area contributed by atoms with E-state index in [4.69, 9.17) is 0 Å².